The minimum Gasteiger partial charge on any atom is -0.398 e. The van der Waals surface area contributed by atoms with Crippen molar-refractivity contribution < 1.29 is 4.39 Å². The van der Waals surface area contributed by atoms with E-state index in [1.807, 2.05) is 0 Å². The highest BCUT2D eigenvalue weighted by Crippen LogP contribution is 2.24. The number of unbranched alkanes of at least 4 members (excludes halogenated alkanes) is 3. The van der Waals surface area contributed by atoms with Crippen LogP contribution in [0.5, 0.6) is 0 Å². The Labute approximate surface area is 118 Å². The zero-order chi connectivity index (χ0) is 14.5. The van der Waals surface area contributed by atoms with E-state index in [2.05, 4.69) is 22.4 Å². The first-order valence-corrected chi connectivity index (χ1v) is 6.95. The predicted octanol–water partition coefficient (Wildman–Crippen LogP) is 2.95. The number of benzene rings is 1. The van der Waals surface area contributed by atoms with Gasteiger partial charge in [-0.05, 0) is 35.9 Å². The number of aryl methyl sites for hydroxylation is 1. The smallest absolute Gasteiger partial charge is 0.182 e. The third-order valence-corrected chi connectivity index (χ3v) is 3.40. The van der Waals surface area contributed by atoms with Crippen LogP contribution < -0.4 is 5.73 Å². The van der Waals surface area contributed by atoms with Crippen molar-refractivity contribution in [2.75, 3.05) is 5.73 Å². The molecule has 2 rings (SSSR count). The monoisotopic (exact) mass is 277 g/mol. The first-order chi connectivity index (χ1) is 9.63. The van der Waals surface area contributed by atoms with Crippen LogP contribution in [0.2, 0.25) is 0 Å². The molecule has 0 aliphatic carbocycles. The quantitative estimate of drug-likeness (QED) is 0.651. The predicted molar refractivity (Wildman–Crippen MR) is 76.5 cm³/mol. The molecule has 0 unspecified atom stereocenters. The summed E-state index contributed by atoms with van der Waals surface area (Å²) in [5.41, 5.74) is 7.29. The maximum Gasteiger partial charge on any atom is 0.182 e. The normalized spacial score (nSPS) is 10.9. The van der Waals surface area contributed by atoms with Gasteiger partial charge in [0.25, 0.3) is 0 Å². The highest BCUT2D eigenvalue weighted by molar-refractivity contribution is 5.63. The number of hydrogen-bond donors (Lipinski definition) is 1. The lowest BCUT2D eigenvalue weighted by Crippen LogP contribution is -2.04. The van der Waals surface area contributed by atoms with Crippen LogP contribution in [-0.4, -0.2) is 20.2 Å². The van der Waals surface area contributed by atoms with Crippen molar-refractivity contribution in [1.82, 2.24) is 20.2 Å². The number of nitrogens with two attached hydrogens (primary N) is 1. The van der Waals surface area contributed by atoms with Crippen molar-refractivity contribution in [2.24, 2.45) is 0 Å². The fraction of sp³-hybridized carbons (Fsp3) is 0.500. The van der Waals surface area contributed by atoms with Gasteiger partial charge in [0.15, 0.2) is 5.82 Å². The van der Waals surface area contributed by atoms with Gasteiger partial charge in [0, 0.05) is 23.4 Å². The standard InChI is InChI=1S/C14H20FN5/c1-3-4-5-6-7-20-14(17-18-19-20)11-8-12(15)10(2)13(16)9-11/h8-9H,3-7,16H2,1-2H3. The summed E-state index contributed by atoms with van der Waals surface area (Å²) in [7, 11) is 0. The lowest BCUT2D eigenvalue weighted by Gasteiger charge is -2.07. The van der Waals surface area contributed by atoms with Crippen LogP contribution in [0, 0.1) is 12.7 Å². The molecule has 0 amide bonds. The molecular formula is C14H20FN5. The van der Waals surface area contributed by atoms with E-state index in [4.69, 9.17) is 5.73 Å². The minimum absolute atomic E-state index is 0.333. The van der Waals surface area contributed by atoms with Gasteiger partial charge in [0.1, 0.15) is 5.82 Å². The number of aromatic nitrogens is 4. The van der Waals surface area contributed by atoms with Gasteiger partial charge >= 0.3 is 0 Å². The topological polar surface area (TPSA) is 69.6 Å². The molecule has 0 fully saturated rings. The van der Waals surface area contributed by atoms with Gasteiger partial charge in [0.2, 0.25) is 0 Å². The molecule has 0 atom stereocenters. The first-order valence-electron chi connectivity index (χ1n) is 6.95. The van der Waals surface area contributed by atoms with Crippen LogP contribution in [0.4, 0.5) is 10.1 Å². The van der Waals surface area contributed by atoms with Gasteiger partial charge in [-0.15, -0.1) is 5.10 Å². The van der Waals surface area contributed by atoms with Gasteiger partial charge in [-0.1, -0.05) is 26.2 Å². The zero-order valence-electron chi connectivity index (χ0n) is 11.9. The molecule has 6 heteroatoms. The van der Waals surface area contributed by atoms with Crippen LogP contribution in [0.15, 0.2) is 12.1 Å². The molecule has 108 valence electrons. The second-order valence-electron chi connectivity index (χ2n) is 4.96. The van der Waals surface area contributed by atoms with Crippen molar-refractivity contribution >= 4 is 5.69 Å². The Balaban J connectivity index is 2.19. The van der Waals surface area contributed by atoms with Crippen molar-refractivity contribution in [3.05, 3.63) is 23.5 Å². The molecule has 0 bridgehead atoms. The number of halogens is 1. The molecule has 20 heavy (non-hydrogen) atoms. The highest BCUT2D eigenvalue weighted by Gasteiger charge is 2.12. The first kappa shape index (κ1) is 14.4. The van der Waals surface area contributed by atoms with Gasteiger partial charge < -0.3 is 5.73 Å². The summed E-state index contributed by atoms with van der Waals surface area (Å²) in [6.07, 6.45) is 4.53. The van der Waals surface area contributed by atoms with E-state index in [0.29, 0.717) is 22.6 Å². The Morgan fingerprint density at radius 3 is 2.75 bits per heavy atom. The fourth-order valence-electron chi connectivity index (χ4n) is 2.08. The number of rotatable bonds is 6. The average Bonchev–Trinajstić information content (AvgIpc) is 2.89. The Morgan fingerprint density at radius 1 is 1.25 bits per heavy atom. The van der Waals surface area contributed by atoms with Gasteiger partial charge in [-0.3, -0.25) is 0 Å². The molecule has 2 N–H and O–H groups in total. The molecule has 0 aliphatic rings. The maximum atomic E-state index is 13.8. The molecule has 0 aliphatic heterocycles. The second-order valence-corrected chi connectivity index (χ2v) is 4.96. The van der Waals surface area contributed by atoms with Crippen molar-refractivity contribution in [3.8, 4) is 11.4 Å². The Kier molecular flexibility index (Phi) is 4.65. The lowest BCUT2D eigenvalue weighted by molar-refractivity contribution is 0.531. The largest absolute Gasteiger partial charge is 0.398 e. The zero-order valence-corrected chi connectivity index (χ0v) is 11.9. The summed E-state index contributed by atoms with van der Waals surface area (Å²) in [5.74, 6) is 0.229. The molecule has 0 saturated carbocycles. The van der Waals surface area contributed by atoms with E-state index in [0.717, 1.165) is 19.4 Å². The Bertz CT molecular complexity index is 556. The maximum absolute atomic E-state index is 13.8. The van der Waals surface area contributed by atoms with Crippen molar-refractivity contribution in [3.63, 3.8) is 0 Å². The average molecular weight is 277 g/mol. The van der Waals surface area contributed by atoms with Crippen LogP contribution in [-0.2, 0) is 6.54 Å². The van der Waals surface area contributed by atoms with Crippen LogP contribution >= 0.6 is 0 Å². The number of hydrogen-bond acceptors (Lipinski definition) is 4. The Morgan fingerprint density at radius 2 is 2.05 bits per heavy atom. The van der Waals surface area contributed by atoms with E-state index in [9.17, 15) is 4.39 Å². The fourth-order valence-corrected chi connectivity index (χ4v) is 2.08. The van der Waals surface area contributed by atoms with Gasteiger partial charge in [-0.25, -0.2) is 9.07 Å². The second kappa shape index (κ2) is 6.45. The van der Waals surface area contributed by atoms with Crippen LogP contribution in [0.1, 0.15) is 38.2 Å². The SMILES string of the molecule is CCCCCCn1nnnc1-c1cc(N)c(C)c(F)c1. The summed E-state index contributed by atoms with van der Waals surface area (Å²) in [6, 6.07) is 3.15. The van der Waals surface area contributed by atoms with Crippen molar-refractivity contribution in [2.45, 2.75) is 46.1 Å². The summed E-state index contributed by atoms with van der Waals surface area (Å²) < 4.78 is 15.5. The Hall–Kier alpha value is -1.98. The molecule has 1 aromatic heterocycles. The molecule has 1 heterocycles. The van der Waals surface area contributed by atoms with Crippen LogP contribution in [0.25, 0.3) is 11.4 Å². The summed E-state index contributed by atoms with van der Waals surface area (Å²) in [5, 5.41) is 11.6. The molecular weight excluding hydrogens is 257 g/mol. The molecule has 0 saturated heterocycles. The van der Waals surface area contributed by atoms with E-state index in [1.165, 1.54) is 18.9 Å². The molecule has 0 spiro atoms. The van der Waals surface area contributed by atoms with E-state index in [-0.39, 0.29) is 5.82 Å². The van der Waals surface area contributed by atoms with Crippen molar-refractivity contribution in [1.29, 1.82) is 0 Å². The summed E-state index contributed by atoms with van der Waals surface area (Å²) >= 11 is 0. The molecule has 2 aromatic rings. The molecule has 1 aromatic carbocycles. The van der Waals surface area contributed by atoms with E-state index in [1.54, 1.807) is 17.7 Å². The van der Waals surface area contributed by atoms with Crippen LogP contribution in [0.3, 0.4) is 0 Å². The summed E-state index contributed by atoms with van der Waals surface area (Å²) in [4.78, 5) is 0. The minimum atomic E-state index is -0.333. The molecule has 5 nitrogen and oxygen atoms in total. The van der Waals surface area contributed by atoms with Gasteiger partial charge in [-0.2, -0.15) is 0 Å². The van der Waals surface area contributed by atoms with Gasteiger partial charge in [0.05, 0.1) is 0 Å². The third-order valence-electron chi connectivity index (χ3n) is 3.40. The number of anilines is 1. The third kappa shape index (κ3) is 3.12. The summed E-state index contributed by atoms with van der Waals surface area (Å²) in [6.45, 7) is 4.56. The lowest BCUT2D eigenvalue weighted by atomic mass is 10.1. The molecule has 0 radical (unpaired) electrons. The number of nitrogens with zero attached hydrogens (tertiary/aromatic N) is 4. The number of tetrazole rings is 1. The van der Waals surface area contributed by atoms with E-state index >= 15 is 0 Å². The van der Waals surface area contributed by atoms with E-state index < -0.39 is 0 Å². The number of nitrogen functional groups attached to an aromatic ring is 1. The highest BCUT2D eigenvalue weighted by atomic mass is 19.1.